The van der Waals surface area contributed by atoms with Gasteiger partial charge in [0.2, 0.25) is 0 Å². The average Bonchev–Trinajstić information content (AvgIpc) is 3.70. The Labute approximate surface area is 198 Å². The lowest BCUT2D eigenvalue weighted by Gasteiger charge is -2.36. The van der Waals surface area contributed by atoms with E-state index < -0.39 is 0 Å². The summed E-state index contributed by atoms with van der Waals surface area (Å²) in [7, 11) is 0. The molecule has 5 rings (SSSR count). The van der Waals surface area contributed by atoms with Crippen molar-refractivity contribution in [1.29, 1.82) is 0 Å². The lowest BCUT2D eigenvalue weighted by Crippen LogP contribution is -2.41. The molecule has 6 nitrogen and oxygen atoms in total. The Kier molecular flexibility index (Phi) is 7.23. The van der Waals surface area contributed by atoms with Crippen LogP contribution in [0.5, 0.6) is 0 Å². The Morgan fingerprint density at radius 3 is 2.25 bits per heavy atom. The molecule has 7 heteroatoms. The molecule has 1 saturated carbocycles. The summed E-state index contributed by atoms with van der Waals surface area (Å²) in [5.41, 5.74) is 2.79. The molecule has 0 N–H and O–H groups in total. The minimum atomic E-state index is 0.0386. The monoisotopic (exact) mass is 498 g/mol. The van der Waals surface area contributed by atoms with Crippen molar-refractivity contribution in [2.24, 2.45) is 11.8 Å². The maximum Gasteiger partial charge on any atom is 0.254 e. The molecule has 32 heavy (non-hydrogen) atoms. The summed E-state index contributed by atoms with van der Waals surface area (Å²) >= 11 is 3.42. The van der Waals surface area contributed by atoms with E-state index in [1.165, 1.54) is 0 Å². The molecule has 1 aliphatic carbocycles. The smallest absolute Gasteiger partial charge is 0.254 e. The molecule has 0 bridgehead atoms. The number of carbonyl (C=O) groups is 2. The Bertz CT molecular complexity index is 966. The predicted octanol–water partition coefficient (Wildman–Crippen LogP) is 4.66. The highest BCUT2D eigenvalue weighted by atomic mass is 79.9. The SMILES string of the molecule is CC.O=C(C1CC1)C1CCN(c2ncnc3c2CN(C(=O)c2ccc(Br)cc2)CC3)CC1. The molecule has 1 saturated heterocycles. The maximum absolute atomic E-state index is 13.0. The summed E-state index contributed by atoms with van der Waals surface area (Å²) in [6.45, 7) is 6.87. The van der Waals surface area contributed by atoms with Crippen molar-refractivity contribution in [2.45, 2.75) is 52.5 Å². The van der Waals surface area contributed by atoms with Gasteiger partial charge in [0.05, 0.1) is 12.2 Å². The zero-order chi connectivity index (χ0) is 22.7. The second kappa shape index (κ2) is 10.1. The van der Waals surface area contributed by atoms with Crippen LogP contribution in [0.15, 0.2) is 35.1 Å². The lowest BCUT2D eigenvalue weighted by molar-refractivity contribution is -0.124. The number of benzene rings is 1. The first-order valence-corrected chi connectivity index (χ1v) is 12.6. The second-order valence-electron chi connectivity index (χ2n) is 8.54. The number of nitrogens with zero attached hydrogens (tertiary/aromatic N) is 4. The molecular weight excluding hydrogens is 468 g/mol. The molecule has 3 aliphatic rings. The van der Waals surface area contributed by atoms with Crippen molar-refractivity contribution in [3.8, 4) is 0 Å². The summed E-state index contributed by atoms with van der Waals surface area (Å²) in [5.74, 6) is 2.00. The second-order valence-corrected chi connectivity index (χ2v) is 9.46. The number of carbonyl (C=O) groups excluding carboxylic acids is 2. The number of amides is 1. The Morgan fingerprint density at radius 2 is 1.59 bits per heavy atom. The lowest BCUT2D eigenvalue weighted by atomic mass is 9.90. The van der Waals surface area contributed by atoms with Crippen molar-refractivity contribution in [1.82, 2.24) is 14.9 Å². The van der Waals surface area contributed by atoms with Crippen LogP contribution in [0.4, 0.5) is 5.82 Å². The van der Waals surface area contributed by atoms with E-state index in [2.05, 4.69) is 30.8 Å². The van der Waals surface area contributed by atoms with E-state index in [9.17, 15) is 9.59 Å². The van der Waals surface area contributed by atoms with Gasteiger partial charge < -0.3 is 9.80 Å². The molecule has 1 aromatic carbocycles. The summed E-state index contributed by atoms with van der Waals surface area (Å²) in [4.78, 5) is 38.7. The Balaban J connectivity index is 0.00000119. The predicted molar refractivity (Wildman–Crippen MR) is 129 cm³/mol. The number of piperidine rings is 1. The molecule has 2 aromatic rings. The van der Waals surface area contributed by atoms with Crippen LogP contribution in [0, 0.1) is 11.8 Å². The van der Waals surface area contributed by atoms with E-state index in [1.807, 2.05) is 43.0 Å². The maximum atomic E-state index is 13.0. The molecule has 2 aliphatic heterocycles. The molecule has 2 fully saturated rings. The Morgan fingerprint density at radius 1 is 0.938 bits per heavy atom. The molecule has 0 unspecified atom stereocenters. The highest BCUT2D eigenvalue weighted by Gasteiger charge is 2.37. The fourth-order valence-electron chi connectivity index (χ4n) is 4.62. The van der Waals surface area contributed by atoms with Crippen LogP contribution in [-0.2, 0) is 17.8 Å². The van der Waals surface area contributed by atoms with E-state index in [4.69, 9.17) is 0 Å². The first-order chi connectivity index (χ1) is 15.6. The number of ketones is 1. The number of halogens is 1. The number of rotatable bonds is 4. The zero-order valence-electron chi connectivity index (χ0n) is 18.9. The number of anilines is 1. The summed E-state index contributed by atoms with van der Waals surface area (Å²) in [5, 5.41) is 0. The van der Waals surface area contributed by atoms with Crippen molar-refractivity contribution >= 4 is 33.4 Å². The van der Waals surface area contributed by atoms with E-state index in [0.29, 0.717) is 30.4 Å². The van der Waals surface area contributed by atoms with Gasteiger partial charge in [-0.05, 0) is 49.9 Å². The van der Waals surface area contributed by atoms with Crippen LogP contribution >= 0.6 is 15.9 Å². The van der Waals surface area contributed by atoms with E-state index in [1.54, 1.807) is 6.33 Å². The highest BCUT2D eigenvalue weighted by molar-refractivity contribution is 9.10. The highest BCUT2D eigenvalue weighted by Crippen LogP contribution is 2.36. The van der Waals surface area contributed by atoms with Gasteiger partial charge >= 0.3 is 0 Å². The van der Waals surface area contributed by atoms with Gasteiger partial charge in [-0.2, -0.15) is 0 Å². The van der Waals surface area contributed by atoms with Crippen LogP contribution < -0.4 is 4.90 Å². The normalized spacial score (nSPS) is 18.5. The van der Waals surface area contributed by atoms with Gasteiger partial charge in [-0.1, -0.05) is 29.8 Å². The van der Waals surface area contributed by atoms with Crippen LogP contribution in [0.2, 0.25) is 0 Å². The number of hydrogen-bond donors (Lipinski definition) is 0. The third-order valence-corrected chi connectivity index (χ3v) is 7.06. The van der Waals surface area contributed by atoms with Crippen LogP contribution in [0.3, 0.4) is 0 Å². The van der Waals surface area contributed by atoms with Crippen LogP contribution in [0.25, 0.3) is 0 Å². The fourth-order valence-corrected chi connectivity index (χ4v) is 4.89. The number of fused-ring (bicyclic) bond motifs is 1. The quantitative estimate of drug-likeness (QED) is 0.613. The molecule has 3 heterocycles. The van der Waals surface area contributed by atoms with E-state index in [-0.39, 0.29) is 11.8 Å². The van der Waals surface area contributed by atoms with Crippen LogP contribution in [-0.4, -0.2) is 46.2 Å². The minimum Gasteiger partial charge on any atom is -0.356 e. The summed E-state index contributed by atoms with van der Waals surface area (Å²) < 4.78 is 0.960. The molecule has 0 radical (unpaired) electrons. The van der Waals surface area contributed by atoms with Gasteiger partial charge in [0.25, 0.3) is 5.91 Å². The molecule has 1 amide bonds. The molecule has 0 spiro atoms. The van der Waals surface area contributed by atoms with Gasteiger partial charge in [-0.3, -0.25) is 9.59 Å². The molecule has 170 valence electrons. The number of aromatic nitrogens is 2. The summed E-state index contributed by atoms with van der Waals surface area (Å²) in [6, 6.07) is 7.50. The van der Waals surface area contributed by atoms with Crippen molar-refractivity contribution in [3.63, 3.8) is 0 Å². The Hall–Kier alpha value is -2.28. The van der Waals surface area contributed by atoms with Gasteiger partial charge in [0.1, 0.15) is 17.9 Å². The first kappa shape index (κ1) is 22.9. The average molecular weight is 499 g/mol. The third kappa shape index (κ3) is 4.87. The standard InChI is InChI=1S/C23H25BrN4O2.C2H6/c24-18-5-3-17(4-6-18)23(30)28-12-9-20-19(13-28)22(26-14-25-20)27-10-7-16(8-11-27)21(29)15-1-2-15;1-2/h3-6,14-16H,1-2,7-13H2;1-2H3. The molecule has 0 atom stereocenters. The number of hydrogen-bond acceptors (Lipinski definition) is 5. The molecule has 1 aromatic heterocycles. The summed E-state index contributed by atoms with van der Waals surface area (Å²) in [6.07, 6.45) is 6.35. The topological polar surface area (TPSA) is 66.4 Å². The largest absolute Gasteiger partial charge is 0.356 e. The van der Waals surface area contributed by atoms with E-state index >= 15 is 0 Å². The van der Waals surface area contributed by atoms with Crippen molar-refractivity contribution in [2.75, 3.05) is 24.5 Å². The van der Waals surface area contributed by atoms with E-state index in [0.717, 1.165) is 66.7 Å². The minimum absolute atomic E-state index is 0.0386. The van der Waals surface area contributed by atoms with Crippen LogP contribution in [0.1, 0.15) is 61.1 Å². The third-order valence-electron chi connectivity index (χ3n) is 6.53. The van der Waals surface area contributed by atoms with Crippen molar-refractivity contribution in [3.05, 3.63) is 51.9 Å². The fraction of sp³-hybridized carbons (Fsp3) is 0.520. The first-order valence-electron chi connectivity index (χ1n) is 11.8. The number of Topliss-reactive ketones (excluding diaryl/α,β-unsaturated/α-hetero) is 1. The zero-order valence-corrected chi connectivity index (χ0v) is 20.5. The van der Waals surface area contributed by atoms with Gasteiger partial charge in [-0.25, -0.2) is 9.97 Å². The van der Waals surface area contributed by atoms with Gasteiger partial charge in [-0.15, -0.1) is 0 Å². The van der Waals surface area contributed by atoms with Crippen molar-refractivity contribution < 1.29 is 9.59 Å². The molecular formula is C25H31BrN4O2. The van der Waals surface area contributed by atoms with Gasteiger partial charge in [0.15, 0.2) is 0 Å². The van der Waals surface area contributed by atoms with Gasteiger partial charge in [0, 0.05) is 53.5 Å².